The van der Waals surface area contributed by atoms with Gasteiger partial charge in [-0.1, -0.05) is 6.92 Å². The van der Waals surface area contributed by atoms with Crippen LogP contribution in [0.5, 0.6) is 0 Å². The maximum Gasteiger partial charge on any atom is 0.255 e. The number of hydrogen-bond donors (Lipinski definition) is 3. The fourth-order valence-corrected chi connectivity index (χ4v) is 3.14. The number of aliphatic hydroxyl groups excluding tert-OH is 1. The van der Waals surface area contributed by atoms with E-state index in [1.165, 1.54) is 0 Å². The van der Waals surface area contributed by atoms with Gasteiger partial charge in [-0.15, -0.1) is 0 Å². The van der Waals surface area contributed by atoms with Crippen LogP contribution in [0.15, 0.2) is 0 Å². The van der Waals surface area contributed by atoms with Crippen molar-refractivity contribution in [2.24, 2.45) is 5.92 Å². The number of rotatable bonds is 5. The molecule has 1 heterocycles. The molecule has 110 valence electrons. The van der Waals surface area contributed by atoms with Crippen molar-refractivity contribution >= 4 is 5.91 Å². The van der Waals surface area contributed by atoms with E-state index in [1.807, 2.05) is 6.92 Å². The van der Waals surface area contributed by atoms with Crippen LogP contribution >= 0.6 is 0 Å². The van der Waals surface area contributed by atoms with E-state index in [0.717, 1.165) is 49.1 Å². The summed E-state index contributed by atoms with van der Waals surface area (Å²) in [6.07, 6.45) is 4.60. The Morgan fingerprint density at radius 3 is 2.75 bits per heavy atom. The third kappa shape index (κ3) is 2.46. The molecule has 0 unspecified atom stereocenters. The molecular formula is C15H23N3O2. The highest BCUT2D eigenvalue weighted by molar-refractivity contribution is 5.96. The van der Waals surface area contributed by atoms with E-state index in [-0.39, 0.29) is 18.1 Å². The zero-order valence-electron chi connectivity index (χ0n) is 12.1. The highest BCUT2D eigenvalue weighted by Crippen LogP contribution is 2.41. The second kappa shape index (κ2) is 5.20. The monoisotopic (exact) mass is 277 g/mol. The molecule has 1 aromatic heterocycles. The average molecular weight is 277 g/mol. The Morgan fingerprint density at radius 2 is 2.20 bits per heavy atom. The summed E-state index contributed by atoms with van der Waals surface area (Å²) >= 11 is 0. The molecule has 1 aromatic rings. The van der Waals surface area contributed by atoms with E-state index in [1.54, 1.807) is 0 Å². The minimum atomic E-state index is -0.177. The number of hydrogen-bond acceptors (Lipinski definition) is 3. The predicted molar refractivity (Wildman–Crippen MR) is 75.6 cm³/mol. The number of carbonyl (C=O) groups excluding carboxylic acids is 1. The molecule has 0 aliphatic heterocycles. The fraction of sp³-hybridized carbons (Fsp3) is 0.733. The normalized spacial score (nSPS) is 26.9. The maximum absolute atomic E-state index is 12.5. The van der Waals surface area contributed by atoms with Crippen LogP contribution in [0.1, 0.15) is 66.7 Å². The van der Waals surface area contributed by atoms with Gasteiger partial charge < -0.3 is 10.4 Å². The molecule has 5 heteroatoms. The van der Waals surface area contributed by atoms with Gasteiger partial charge in [0.1, 0.15) is 0 Å². The first-order valence-corrected chi connectivity index (χ1v) is 7.64. The molecule has 0 bridgehead atoms. The van der Waals surface area contributed by atoms with E-state index in [9.17, 15) is 9.90 Å². The van der Waals surface area contributed by atoms with Crippen molar-refractivity contribution in [3.05, 3.63) is 17.0 Å². The summed E-state index contributed by atoms with van der Waals surface area (Å²) in [7, 11) is 0. The summed E-state index contributed by atoms with van der Waals surface area (Å²) < 4.78 is 0. The predicted octanol–water partition coefficient (Wildman–Crippen LogP) is 1.87. The Kier molecular flexibility index (Phi) is 3.54. The molecule has 0 spiro atoms. The molecule has 2 saturated carbocycles. The molecule has 2 fully saturated rings. The van der Waals surface area contributed by atoms with E-state index >= 15 is 0 Å². The first-order chi connectivity index (χ1) is 9.60. The highest BCUT2D eigenvalue weighted by Gasteiger charge is 2.36. The first kappa shape index (κ1) is 13.6. The van der Waals surface area contributed by atoms with Gasteiger partial charge in [0.2, 0.25) is 0 Å². The smallest absolute Gasteiger partial charge is 0.255 e. The largest absolute Gasteiger partial charge is 0.393 e. The van der Waals surface area contributed by atoms with Crippen LogP contribution in [0, 0.1) is 12.8 Å². The Hall–Kier alpha value is -1.36. The standard InChI is InChI=1S/C15H23N3O2/c1-3-12(10-6-11(19)7-10)16-15(20)13-8(2)17-18-14(13)9-4-5-9/h9-12,19H,3-7H2,1-2H3,(H,16,20)(H,17,18)/t10?,11?,12-/m1/s1. The molecule has 20 heavy (non-hydrogen) atoms. The van der Waals surface area contributed by atoms with Crippen molar-refractivity contribution in [3.63, 3.8) is 0 Å². The second-order valence-electron chi connectivity index (χ2n) is 6.26. The van der Waals surface area contributed by atoms with E-state index < -0.39 is 0 Å². The minimum Gasteiger partial charge on any atom is -0.393 e. The first-order valence-electron chi connectivity index (χ1n) is 7.64. The van der Waals surface area contributed by atoms with Crippen LogP contribution in [-0.4, -0.2) is 33.4 Å². The van der Waals surface area contributed by atoms with Gasteiger partial charge in [-0.05, 0) is 44.9 Å². The van der Waals surface area contributed by atoms with E-state index in [0.29, 0.717) is 11.8 Å². The molecular weight excluding hydrogens is 254 g/mol. The van der Waals surface area contributed by atoms with Crippen molar-refractivity contribution in [1.29, 1.82) is 0 Å². The van der Waals surface area contributed by atoms with Crippen molar-refractivity contribution in [1.82, 2.24) is 15.5 Å². The minimum absolute atomic E-state index is 0.00797. The number of aromatic nitrogens is 2. The summed E-state index contributed by atoms with van der Waals surface area (Å²) in [5, 5.41) is 19.8. The fourth-order valence-electron chi connectivity index (χ4n) is 3.14. The van der Waals surface area contributed by atoms with Gasteiger partial charge in [0.15, 0.2) is 0 Å². The molecule has 2 aliphatic rings. The van der Waals surface area contributed by atoms with Gasteiger partial charge in [-0.3, -0.25) is 9.89 Å². The highest BCUT2D eigenvalue weighted by atomic mass is 16.3. The van der Waals surface area contributed by atoms with Crippen LogP contribution < -0.4 is 5.32 Å². The molecule has 3 rings (SSSR count). The molecule has 3 N–H and O–H groups in total. The summed E-state index contributed by atoms with van der Waals surface area (Å²) in [5.41, 5.74) is 2.53. The number of aromatic amines is 1. The quantitative estimate of drug-likeness (QED) is 0.769. The molecule has 1 amide bonds. The third-order valence-corrected chi connectivity index (χ3v) is 4.64. The van der Waals surface area contributed by atoms with E-state index in [2.05, 4.69) is 22.4 Å². The summed E-state index contributed by atoms with van der Waals surface area (Å²) in [6.45, 7) is 3.99. The van der Waals surface area contributed by atoms with Gasteiger partial charge in [-0.2, -0.15) is 5.10 Å². The molecule has 0 aromatic carbocycles. The lowest BCUT2D eigenvalue weighted by Gasteiger charge is -2.37. The van der Waals surface area contributed by atoms with Crippen molar-refractivity contribution in [3.8, 4) is 0 Å². The molecule has 0 saturated heterocycles. The van der Waals surface area contributed by atoms with Gasteiger partial charge in [0, 0.05) is 17.7 Å². The topological polar surface area (TPSA) is 78.0 Å². The van der Waals surface area contributed by atoms with Crippen LogP contribution in [-0.2, 0) is 0 Å². The third-order valence-electron chi connectivity index (χ3n) is 4.64. The average Bonchev–Trinajstić information content (AvgIpc) is 3.15. The number of nitrogens with one attached hydrogen (secondary N) is 2. The number of carbonyl (C=O) groups is 1. The summed E-state index contributed by atoms with van der Waals surface area (Å²) in [4.78, 5) is 12.5. The van der Waals surface area contributed by atoms with E-state index in [4.69, 9.17) is 0 Å². The molecule has 0 radical (unpaired) electrons. The Balaban J connectivity index is 1.70. The SMILES string of the molecule is CC[C@@H](NC(=O)c1c(C2CC2)n[nH]c1C)C1CC(O)C1. The molecule has 2 aliphatic carbocycles. The number of amides is 1. The summed E-state index contributed by atoms with van der Waals surface area (Å²) in [6, 6.07) is 0.159. The van der Waals surface area contributed by atoms with Gasteiger partial charge in [0.05, 0.1) is 17.4 Å². The number of H-pyrrole nitrogens is 1. The Labute approximate surface area is 119 Å². The van der Waals surface area contributed by atoms with Crippen LogP contribution in [0.25, 0.3) is 0 Å². The lowest BCUT2D eigenvalue weighted by molar-refractivity contribution is 0.0232. The van der Waals surface area contributed by atoms with Gasteiger partial charge >= 0.3 is 0 Å². The number of nitrogens with zero attached hydrogens (tertiary/aromatic N) is 1. The maximum atomic E-state index is 12.5. The van der Waals surface area contributed by atoms with Gasteiger partial charge in [-0.25, -0.2) is 0 Å². The molecule has 5 nitrogen and oxygen atoms in total. The van der Waals surface area contributed by atoms with Gasteiger partial charge in [0.25, 0.3) is 5.91 Å². The lowest BCUT2D eigenvalue weighted by atomic mass is 9.76. The van der Waals surface area contributed by atoms with Crippen molar-refractivity contribution in [2.45, 2.75) is 64.0 Å². The second-order valence-corrected chi connectivity index (χ2v) is 6.26. The lowest BCUT2D eigenvalue weighted by Crippen LogP contribution is -2.46. The van der Waals surface area contributed by atoms with Crippen LogP contribution in [0.2, 0.25) is 0 Å². The Morgan fingerprint density at radius 1 is 1.50 bits per heavy atom. The zero-order valence-corrected chi connectivity index (χ0v) is 12.1. The van der Waals surface area contributed by atoms with Crippen LogP contribution in [0.3, 0.4) is 0 Å². The van der Waals surface area contributed by atoms with Crippen molar-refractivity contribution in [2.75, 3.05) is 0 Å². The molecule has 1 atom stereocenters. The number of aliphatic hydroxyl groups is 1. The van der Waals surface area contributed by atoms with Crippen molar-refractivity contribution < 1.29 is 9.90 Å². The van der Waals surface area contributed by atoms with Crippen LogP contribution in [0.4, 0.5) is 0 Å². The number of aryl methyl sites for hydroxylation is 1. The Bertz CT molecular complexity index is 501. The zero-order chi connectivity index (χ0) is 14.3. The summed E-state index contributed by atoms with van der Waals surface area (Å²) in [5.74, 6) is 0.869.